The number of hydrogen-bond acceptors (Lipinski definition) is 3. The van der Waals surface area contributed by atoms with Crippen molar-refractivity contribution >= 4 is 5.91 Å². The van der Waals surface area contributed by atoms with Crippen LogP contribution in [0.1, 0.15) is 23.1 Å². The summed E-state index contributed by atoms with van der Waals surface area (Å²) in [5, 5.41) is 3.16. The predicted molar refractivity (Wildman–Crippen MR) is 93.7 cm³/mol. The molecule has 0 unspecified atom stereocenters. The van der Waals surface area contributed by atoms with Gasteiger partial charge in [-0.15, -0.1) is 0 Å². The van der Waals surface area contributed by atoms with Gasteiger partial charge in [0.1, 0.15) is 0 Å². The SMILES string of the molecule is Cc1ccccc1CCC(=O)N[C@@H]1COC[C@H]1Cc1ccncc1. The van der Waals surface area contributed by atoms with E-state index in [1.54, 1.807) is 12.4 Å². The van der Waals surface area contributed by atoms with E-state index in [0.29, 0.717) is 25.6 Å². The number of carbonyl (C=O) groups excluding carboxylic acids is 1. The topological polar surface area (TPSA) is 51.2 Å². The van der Waals surface area contributed by atoms with E-state index < -0.39 is 0 Å². The highest BCUT2D eigenvalue weighted by Crippen LogP contribution is 2.19. The maximum atomic E-state index is 12.3. The van der Waals surface area contributed by atoms with Gasteiger partial charge in [0.05, 0.1) is 19.3 Å². The molecule has 4 nitrogen and oxygen atoms in total. The average molecular weight is 324 g/mol. The molecule has 1 fully saturated rings. The number of hydrogen-bond donors (Lipinski definition) is 1. The lowest BCUT2D eigenvalue weighted by atomic mass is 9.95. The van der Waals surface area contributed by atoms with Crippen molar-refractivity contribution in [2.75, 3.05) is 13.2 Å². The summed E-state index contributed by atoms with van der Waals surface area (Å²) in [5.74, 6) is 0.434. The molecule has 1 aliphatic heterocycles. The quantitative estimate of drug-likeness (QED) is 0.889. The third-order valence-corrected chi connectivity index (χ3v) is 4.67. The summed E-state index contributed by atoms with van der Waals surface area (Å²) in [4.78, 5) is 16.4. The number of carbonyl (C=O) groups is 1. The minimum Gasteiger partial charge on any atom is -0.379 e. The van der Waals surface area contributed by atoms with Gasteiger partial charge in [-0.3, -0.25) is 9.78 Å². The van der Waals surface area contributed by atoms with Gasteiger partial charge < -0.3 is 10.1 Å². The van der Waals surface area contributed by atoms with Crippen LogP contribution in [0.3, 0.4) is 0 Å². The number of aromatic nitrogens is 1. The normalized spacial score (nSPS) is 20.0. The van der Waals surface area contributed by atoms with Crippen molar-refractivity contribution in [3.63, 3.8) is 0 Å². The van der Waals surface area contributed by atoms with E-state index in [0.717, 1.165) is 12.8 Å². The molecule has 1 N–H and O–H groups in total. The molecule has 0 spiro atoms. The van der Waals surface area contributed by atoms with E-state index in [9.17, 15) is 4.79 Å². The highest BCUT2D eigenvalue weighted by atomic mass is 16.5. The minimum absolute atomic E-state index is 0.0996. The molecule has 1 aromatic heterocycles. The molecule has 2 heterocycles. The molecule has 3 rings (SSSR count). The predicted octanol–water partition coefficient (Wildman–Crippen LogP) is 2.70. The Balaban J connectivity index is 1.51. The minimum atomic E-state index is 0.0996. The third-order valence-electron chi connectivity index (χ3n) is 4.67. The lowest BCUT2D eigenvalue weighted by Gasteiger charge is -2.19. The number of pyridine rings is 1. The summed E-state index contributed by atoms with van der Waals surface area (Å²) in [7, 11) is 0. The highest BCUT2D eigenvalue weighted by Gasteiger charge is 2.29. The van der Waals surface area contributed by atoms with Crippen LogP contribution in [-0.4, -0.2) is 30.1 Å². The molecule has 1 amide bonds. The van der Waals surface area contributed by atoms with Crippen LogP contribution < -0.4 is 5.32 Å². The molecule has 2 atom stereocenters. The molecule has 2 aromatic rings. The van der Waals surface area contributed by atoms with Crippen molar-refractivity contribution in [1.82, 2.24) is 10.3 Å². The van der Waals surface area contributed by atoms with Crippen molar-refractivity contribution in [3.05, 3.63) is 65.5 Å². The second-order valence-corrected chi connectivity index (χ2v) is 6.46. The molecule has 1 saturated heterocycles. The van der Waals surface area contributed by atoms with Gasteiger partial charge in [0.15, 0.2) is 0 Å². The molecule has 0 bridgehead atoms. The van der Waals surface area contributed by atoms with Crippen LogP contribution in [0.5, 0.6) is 0 Å². The number of rotatable bonds is 6. The van der Waals surface area contributed by atoms with E-state index in [2.05, 4.69) is 29.4 Å². The van der Waals surface area contributed by atoms with Crippen LogP contribution in [0.2, 0.25) is 0 Å². The van der Waals surface area contributed by atoms with Crippen molar-refractivity contribution in [3.8, 4) is 0 Å². The lowest BCUT2D eigenvalue weighted by molar-refractivity contribution is -0.122. The standard InChI is InChI=1S/C20H24N2O2/c1-15-4-2-3-5-17(15)6-7-20(23)22-19-14-24-13-18(19)12-16-8-10-21-11-9-16/h2-5,8-11,18-19H,6-7,12-14H2,1H3,(H,22,23)/t18-,19-/m1/s1. The largest absolute Gasteiger partial charge is 0.379 e. The Labute approximate surface area is 143 Å². The zero-order valence-corrected chi connectivity index (χ0v) is 14.1. The Bertz CT molecular complexity index is 672. The lowest BCUT2D eigenvalue weighted by Crippen LogP contribution is -2.40. The van der Waals surface area contributed by atoms with Gasteiger partial charge in [-0.1, -0.05) is 24.3 Å². The van der Waals surface area contributed by atoms with E-state index in [1.165, 1.54) is 16.7 Å². The Morgan fingerprint density at radius 2 is 2.00 bits per heavy atom. The molecular weight excluding hydrogens is 300 g/mol. The molecule has 1 aliphatic rings. The number of amides is 1. The first kappa shape index (κ1) is 16.7. The van der Waals surface area contributed by atoms with Gasteiger partial charge in [0.2, 0.25) is 5.91 Å². The summed E-state index contributed by atoms with van der Waals surface area (Å²) in [6.45, 7) is 3.39. The zero-order valence-electron chi connectivity index (χ0n) is 14.1. The molecule has 126 valence electrons. The van der Waals surface area contributed by atoms with Crippen molar-refractivity contribution in [2.24, 2.45) is 5.92 Å². The van der Waals surface area contributed by atoms with Crippen LogP contribution in [0.15, 0.2) is 48.8 Å². The molecule has 1 aromatic carbocycles. The number of nitrogens with one attached hydrogen (secondary N) is 1. The summed E-state index contributed by atoms with van der Waals surface area (Å²) < 4.78 is 5.59. The average Bonchev–Trinajstić information content (AvgIpc) is 3.02. The zero-order chi connectivity index (χ0) is 16.8. The monoisotopic (exact) mass is 324 g/mol. The smallest absolute Gasteiger partial charge is 0.220 e. The summed E-state index contributed by atoms with van der Waals surface area (Å²) in [5.41, 5.74) is 3.72. The fourth-order valence-electron chi connectivity index (χ4n) is 3.20. The number of aryl methyl sites for hydroxylation is 2. The van der Waals surface area contributed by atoms with Gasteiger partial charge in [-0.2, -0.15) is 0 Å². The summed E-state index contributed by atoms with van der Waals surface area (Å²) >= 11 is 0. The first-order valence-corrected chi connectivity index (χ1v) is 8.53. The van der Waals surface area contributed by atoms with Gasteiger partial charge in [0.25, 0.3) is 0 Å². The first-order chi connectivity index (χ1) is 11.7. The number of nitrogens with zero attached hydrogens (tertiary/aromatic N) is 1. The Kier molecular flexibility index (Phi) is 5.59. The summed E-state index contributed by atoms with van der Waals surface area (Å²) in [6, 6.07) is 12.4. The van der Waals surface area contributed by atoms with E-state index in [1.807, 2.05) is 24.3 Å². The van der Waals surface area contributed by atoms with Crippen molar-refractivity contribution < 1.29 is 9.53 Å². The Morgan fingerprint density at radius 3 is 2.79 bits per heavy atom. The molecule has 0 saturated carbocycles. The van der Waals surface area contributed by atoms with Crippen LogP contribution in [0.25, 0.3) is 0 Å². The van der Waals surface area contributed by atoms with Crippen LogP contribution in [0, 0.1) is 12.8 Å². The van der Waals surface area contributed by atoms with Crippen molar-refractivity contribution in [1.29, 1.82) is 0 Å². The first-order valence-electron chi connectivity index (χ1n) is 8.53. The van der Waals surface area contributed by atoms with Gasteiger partial charge in [-0.25, -0.2) is 0 Å². The molecular formula is C20H24N2O2. The second kappa shape index (κ2) is 8.06. The third kappa shape index (κ3) is 4.42. The maximum Gasteiger partial charge on any atom is 0.220 e. The highest BCUT2D eigenvalue weighted by molar-refractivity contribution is 5.76. The summed E-state index contributed by atoms with van der Waals surface area (Å²) in [6.07, 6.45) is 5.82. The van der Waals surface area contributed by atoms with E-state index in [4.69, 9.17) is 4.74 Å². The molecule has 0 radical (unpaired) electrons. The van der Waals surface area contributed by atoms with E-state index in [-0.39, 0.29) is 11.9 Å². The Hall–Kier alpha value is -2.20. The molecule has 0 aliphatic carbocycles. The fraction of sp³-hybridized carbons (Fsp3) is 0.400. The van der Waals surface area contributed by atoms with E-state index >= 15 is 0 Å². The maximum absolute atomic E-state index is 12.3. The Morgan fingerprint density at radius 1 is 1.21 bits per heavy atom. The van der Waals surface area contributed by atoms with Crippen LogP contribution in [-0.2, 0) is 22.4 Å². The van der Waals surface area contributed by atoms with Crippen LogP contribution in [0.4, 0.5) is 0 Å². The van der Waals surface area contributed by atoms with Gasteiger partial charge >= 0.3 is 0 Å². The number of benzene rings is 1. The molecule has 24 heavy (non-hydrogen) atoms. The van der Waals surface area contributed by atoms with Crippen molar-refractivity contribution in [2.45, 2.75) is 32.2 Å². The number of ether oxygens (including phenoxy) is 1. The van der Waals surface area contributed by atoms with Gasteiger partial charge in [0, 0.05) is 24.7 Å². The fourth-order valence-corrected chi connectivity index (χ4v) is 3.20. The van der Waals surface area contributed by atoms with Gasteiger partial charge in [-0.05, 0) is 48.6 Å². The van der Waals surface area contributed by atoms with Crippen LogP contribution >= 0.6 is 0 Å². The second-order valence-electron chi connectivity index (χ2n) is 6.46. The molecule has 4 heteroatoms.